The molecule has 1 heterocycles. The van der Waals surface area contributed by atoms with E-state index in [0.717, 1.165) is 0 Å². The lowest BCUT2D eigenvalue weighted by molar-refractivity contribution is -0.135. The number of unbranched alkanes of at least 4 members (excludes halogenated alkanes) is 1. The number of rotatable bonds is 9. The van der Waals surface area contributed by atoms with Gasteiger partial charge >= 0.3 is 6.18 Å². The van der Waals surface area contributed by atoms with Crippen LogP contribution in [0, 0.1) is 11.2 Å². The maximum atomic E-state index is 14.5. The van der Waals surface area contributed by atoms with Gasteiger partial charge in [0.25, 0.3) is 5.91 Å². The van der Waals surface area contributed by atoms with Gasteiger partial charge in [0, 0.05) is 24.9 Å². The Hall–Kier alpha value is -2.69. The minimum absolute atomic E-state index is 0.000475. The standard InChI is InChI=1S/C21H28F4N4O3/c1-20(2,3)17(19(32)26-10-12-30)27-18(31)15-13-7-6-8-14(22)16(13)29(28-15)11-5-4-9-21(23,24)25/h6-8,17,30H,4-5,9-12H2,1-3H3,(H,26,32)(H,27,31). The van der Waals surface area contributed by atoms with E-state index in [1.54, 1.807) is 20.8 Å². The van der Waals surface area contributed by atoms with Gasteiger partial charge in [-0.2, -0.15) is 18.3 Å². The van der Waals surface area contributed by atoms with E-state index in [-0.39, 0.29) is 49.1 Å². The van der Waals surface area contributed by atoms with Crippen molar-refractivity contribution in [1.82, 2.24) is 20.4 Å². The molecule has 32 heavy (non-hydrogen) atoms. The van der Waals surface area contributed by atoms with Gasteiger partial charge in [0.15, 0.2) is 5.69 Å². The quantitative estimate of drug-likeness (QED) is 0.396. The Morgan fingerprint density at radius 3 is 2.47 bits per heavy atom. The number of halogens is 4. The van der Waals surface area contributed by atoms with E-state index in [1.807, 2.05) is 0 Å². The van der Waals surface area contributed by atoms with E-state index in [9.17, 15) is 27.2 Å². The van der Waals surface area contributed by atoms with Gasteiger partial charge in [-0.25, -0.2) is 4.39 Å². The lowest BCUT2D eigenvalue weighted by atomic mass is 9.86. The molecule has 11 heteroatoms. The molecular formula is C21H28F4N4O3. The number of aromatic nitrogens is 2. The summed E-state index contributed by atoms with van der Waals surface area (Å²) < 4.78 is 52.8. The predicted molar refractivity (Wildman–Crippen MR) is 110 cm³/mol. The van der Waals surface area contributed by atoms with Crippen molar-refractivity contribution in [2.24, 2.45) is 5.41 Å². The molecule has 2 aromatic rings. The van der Waals surface area contributed by atoms with E-state index >= 15 is 0 Å². The van der Waals surface area contributed by atoms with Gasteiger partial charge in [0.1, 0.15) is 17.4 Å². The minimum Gasteiger partial charge on any atom is -0.395 e. The normalized spacial score (nSPS) is 13.2. The molecule has 1 unspecified atom stereocenters. The number of carbonyl (C=O) groups is 2. The first-order valence-electron chi connectivity index (χ1n) is 10.3. The average Bonchev–Trinajstić information content (AvgIpc) is 3.06. The number of carbonyl (C=O) groups excluding carboxylic acids is 2. The fourth-order valence-corrected chi connectivity index (χ4v) is 3.27. The Morgan fingerprint density at radius 1 is 1.19 bits per heavy atom. The largest absolute Gasteiger partial charge is 0.395 e. The highest BCUT2D eigenvalue weighted by Gasteiger charge is 2.34. The minimum atomic E-state index is -4.28. The first-order chi connectivity index (χ1) is 14.8. The van der Waals surface area contributed by atoms with E-state index in [2.05, 4.69) is 15.7 Å². The van der Waals surface area contributed by atoms with Gasteiger partial charge in [0.2, 0.25) is 5.91 Å². The summed E-state index contributed by atoms with van der Waals surface area (Å²) in [5, 5.41) is 18.4. The van der Waals surface area contributed by atoms with Gasteiger partial charge in [-0.15, -0.1) is 0 Å². The lowest BCUT2D eigenvalue weighted by Crippen LogP contribution is -2.54. The maximum Gasteiger partial charge on any atom is 0.389 e. The third kappa shape index (κ3) is 6.65. The van der Waals surface area contributed by atoms with Gasteiger partial charge in [-0.05, 0) is 24.3 Å². The number of aryl methyl sites for hydroxylation is 1. The molecule has 0 aliphatic rings. The molecule has 0 aliphatic carbocycles. The number of aliphatic hydroxyl groups excluding tert-OH is 1. The highest BCUT2D eigenvalue weighted by molar-refractivity contribution is 6.06. The SMILES string of the molecule is CC(C)(C)C(NC(=O)c1nn(CCCCC(F)(F)F)c2c(F)cccc12)C(=O)NCCO. The van der Waals surface area contributed by atoms with Crippen LogP contribution in [0.5, 0.6) is 0 Å². The molecule has 0 bridgehead atoms. The highest BCUT2D eigenvalue weighted by Crippen LogP contribution is 2.26. The second kappa shape index (κ2) is 10.3. The number of hydrogen-bond acceptors (Lipinski definition) is 4. The Morgan fingerprint density at radius 2 is 1.88 bits per heavy atom. The van der Waals surface area contributed by atoms with Crippen LogP contribution in [0.15, 0.2) is 18.2 Å². The van der Waals surface area contributed by atoms with Crippen molar-refractivity contribution in [2.75, 3.05) is 13.2 Å². The molecular weight excluding hydrogens is 432 g/mol. The van der Waals surface area contributed by atoms with Crippen molar-refractivity contribution in [2.45, 2.75) is 58.8 Å². The summed E-state index contributed by atoms with van der Waals surface area (Å²) in [6.45, 7) is 4.98. The number of alkyl halides is 3. The summed E-state index contributed by atoms with van der Waals surface area (Å²) in [5.41, 5.74) is -0.794. The summed E-state index contributed by atoms with van der Waals surface area (Å²) in [4.78, 5) is 25.5. The third-order valence-corrected chi connectivity index (χ3v) is 4.83. The van der Waals surface area contributed by atoms with Gasteiger partial charge < -0.3 is 15.7 Å². The number of aliphatic hydroxyl groups is 1. The van der Waals surface area contributed by atoms with Crippen molar-refractivity contribution < 1.29 is 32.3 Å². The van der Waals surface area contributed by atoms with Crippen molar-refractivity contribution in [3.63, 3.8) is 0 Å². The first kappa shape index (κ1) is 25.6. The predicted octanol–water partition coefficient (Wildman–Crippen LogP) is 3.16. The Labute approximate surface area is 183 Å². The zero-order valence-corrected chi connectivity index (χ0v) is 18.2. The zero-order chi connectivity index (χ0) is 24.1. The maximum absolute atomic E-state index is 14.5. The van der Waals surface area contributed by atoms with Crippen LogP contribution in [0.1, 0.15) is 50.5 Å². The molecule has 1 aromatic heterocycles. The summed E-state index contributed by atoms with van der Waals surface area (Å²) in [6.07, 6.45) is -5.29. The number of nitrogens with one attached hydrogen (secondary N) is 2. The van der Waals surface area contributed by atoms with E-state index in [1.165, 1.54) is 22.9 Å². The number of para-hydroxylation sites is 1. The first-order valence-corrected chi connectivity index (χ1v) is 10.3. The van der Waals surface area contributed by atoms with Gasteiger partial charge in [-0.3, -0.25) is 14.3 Å². The number of benzene rings is 1. The number of hydrogen-bond donors (Lipinski definition) is 3. The molecule has 2 amide bonds. The Bertz CT molecular complexity index is 951. The lowest BCUT2D eigenvalue weighted by Gasteiger charge is -2.30. The summed E-state index contributed by atoms with van der Waals surface area (Å²) in [5.74, 6) is -1.87. The number of fused-ring (bicyclic) bond motifs is 1. The van der Waals surface area contributed by atoms with Crippen LogP contribution in [-0.4, -0.2) is 52.1 Å². The molecule has 0 spiro atoms. The van der Waals surface area contributed by atoms with Crippen molar-refractivity contribution in [3.05, 3.63) is 29.7 Å². The molecule has 0 radical (unpaired) electrons. The van der Waals surface area contributed by atoms with E-state index in [0.29, 0.717) is 0 Å². The third-order valence-electron chi connectivity index (χ3n) is 4.83. The molecule has 0 fully saturated rings. The van der Waals surface area contributed by atoms with Gasteiger partial charge in [0.05, 0.1) is 6.61 Å². The molecule has 178 valence electrons. The van der Waals surface area contributed by atoms with Crippen LogP contribution in [0.2, 0.25) is 0 Å². The molecule has 2 rings (SSSR count). The van der Waals surface area contributed by atoms with Crippen molar-refractivity contribution in [1.29, 1.82) is 0 Å². The van der Waals surface area contributed by atoms with Crippen molar-refractivity contribution in [3.8, 4) is 0 Å². The summed E-state index contributed by atoms with van der Waals surface area (Å²) >= 11 is 0. The molecule has 1 aromatic carbocycles. The fraction of sp³-hybridized carbons (Fsp3) is 0.571. The second-order valence-electron chi connectivity index (χ2n) is 8.57. The molecule has 0 saturated carbocycles. The van der Waals surface area contributed by atoms with E-state index < -0.39 is 41.7 Å². The summed E-state index contributed by atoms with van der Waals surface area (Å²) in [7, 11) is 0. The van der Waals surface area contributed by atoms with Crippen molar-refractivity contribution >= 4 is 22.7 Å². The summed E-state index contributed by atoms with van der Waals surface area (Å²) in [6, 6.07) is 3.10. The van der Waals surface area contributed by atoms with E-state index in [4.69, 9.17) is 5.11 Å². The van der Waals surface area contributed by atoms with Crippen LogP contribution in [-0.2, 0) is 11.3 Å². The highest BCUT2D eigenvalue weighted by atomic mass is 19.4. The fourth-order valence-electron chi connectivity index (χ4n) is 3.27. The number of nitrogens with zero attached hydrogens (tertiary/aromatic N) is 2. The van der Waals surface area contributed by atoms with Crippen LogP contribution in [0.25, 0.3) is 10.9 Å². The van der Waals surface area contributed by atoms with Crippen LogP contribution in [0.3, 0.4) is 0 Å². The molecule has 1 atom stereocenters. The Kier molecular flexibility index (Phi) is 8.22. The average molecular weight is 460 g/mol. The van der Waals surface area contributed by atoms with Crippen LogP contribution >= 0.6 is 0 Å². The smallest absolute Gasteiger partial charge is 0.389 e. The molecule has 3 N–H and O–H groups in total. The number of amides is 2. The van der Waals surface area contributed by atoms with Gasteiger partial charge in [-0.1, -0.05) is 32.9 Å². The monoisotopic (exact) mass is 460 g/mol. The Balaban J connectivity index is 2.29. The topological polar surface area (TPSA) is 96.2 Å². The second-order valence-corrected chi connectivity index (χ2v) is 8.57. The molecule has 7 nitrogen and oxygen atoms in total. The molecule has 0 aliphatic heterocycles. The zero-order valence-electron chi connectivity index (χ0n) is 18.2. The van der Waals surface area contributed by atoms with Crippen LogP contribution < -0.4 is 10.6 Å². The van der Waals surface area contributed by atoms with Crippen LogP contribution in [0.4, 0.5) is 17.6 Å². The molecule has 0 saturated heterocycles.